The molecule has 2 aromatic carbocycles. The van der Waals surface area contributed by atoms with Gasteiger partial charge in [0.15, 0.2) is 11.6 Å². The Morgan fingerprint density at radius 1 is 1.15 bits per heavy atom. The lowest BCUT2D eigenvalue weighted by Gasteiger charge is -2.22. The summed E-state index contributed by atoms with van der Waals surface area (Å²) in [5.41, 5.74) is 7.99. The first kappa shape index (κ1) is 14.2. The van der Waals surface area contributed by atoms with Gasteiger partial charge in [0.1, 0.15) is 0 Å². The van der Waals surface area contributed by atoms with E-state index in [1.54, 1.807) is 6.07 Å². The molecule has 0 spiro atoms. The van der Waals surface area contributed by atoms with Crippen molar-refractivity contribution in [3.8, 4) is 5.75 Å². The zero-order valence-electron chi connectivity index (χ0n) is 11.9. The van der Waals surface area contributed by atoms with E-state index < -0.39 is 5.82 Å². The van der Waals surface area contributed by atoms with Crippen molar-refractivity contribution in [2.45, 2.75) is 20.0 Å². The normalized spacial score (nSPS) is 10.7. The smallest absolute Gasteiger partial charge is 0.167 e. The predicted molar refractivity (Wildman–Crippen MR) is 81.1 cm³/mol. The first-order valence-electron chi connectivity index (χ1n) is 6.53. The molecule has 20 heavy (non-hydrogen) atoms. The Morgan fingerprint density at radius 2 is 1.80 bits per heavy atom. The fourth-order valence-electron chi connectivity index (χ4n) is 1.98. The summed E-state index contributed by atoms with van der Waals surface area (Å²) in [6.07, 6.45) is -0.0944. The highest BCUT2D eigenvalue weighted by molar-refractivity contribution is 5.76. The van der Waals surface area contributed by atoms with Gasteiger partial charge in [0.2, 0.25) is 0 Å². The molecule has 3 nitrogen and oxygen atoms in total. The van der Waals surface area contributed by atoms with Gasteiger partial charge in [0.25, 0.3) is 0 Å². The molecular formula is C16H19FN2O. The number of nitrogen functional groups attached to an aromatic ring is 1. The monoisotopic (exact) mass is 274 g/mol. The van der Waals surface area contributed by atoms with E-state index in [0.717, 1.165) is 5.69 Å². The van der Waals surface area contributed by atoms with Crippen molar-refractivity contribution in [3.05, 3.63) is 48.3 Å². The Labute approximate surface area is 118 Å². The van der Waals surface area contributed by atoms with Crippen LogP contribution in [0.15, 0.2) is 42.5 Å². The molecule has 0 amide bonds. The van der Waals surface area contributed by atoms with Crippen LogP contribution < -0.4 is 15.4 Å². The minimum Gasteiger partial charge on any atom is -0.488 e. The highest BCUT2D eigenvalue weighted by Crippen LogP contribution is 2.34. The quantitative estimate of drug-likeness (QED) is 0.857. The highest BCUT2D eigenvalue weighted by Gasteiger charge is 2.14. The van der Waals surface area contributed by atoms with Crippen LogP contribution in [0.25, 0.3) is 0 Å². The van der Waals surface area contributed by atoms with Crippen LogP contribution in [-0.4, -0.2) is 13.2 Å². The lowest BCUT2D eigenvalue weighted by molar-refractivity contribution is 0.231. The van der Waals surface area contributed by atoms with Crippen LogP contribution >= 0.6 is 0 Å². The van der Waals surface area contributed by atoms with Gasteiger partial charge in [-0.1, -0.05) is 18.2 Å². The molecule has 0 aliphatic carbocycles. The van der Waals surface area contributed by atoms with Gasteiger partial charge in [-0.2, -0.15) is 0 Å². The van der Waals surface area contributed by atoms with Gasteiger partial charge in [0, 0.05) is 24.9 Å². The van der Waals surface area contributed by atoms with E-state index in [-0.39, 0.29) is 11.9 Å². The maximum atomic E-state index is 13.8. The van der Waals surface area contributed by atoms with Gasteiger partial charge in [-0.25, -0.2) is 4.39 Å². The molecule has 0 radical (unpaired) electrons. The second-order valence-corrected chi connectivity index (χ2v) is 4.90. The fraction of sp³-hybridized carbons (Fsp3) is 0.250. The fourth-order valence-corrected chi connectivity index (χ4v) is 1.98. The average Bonchev–Trinajstić information content (AvgIpc) is 2.41. The standard InChI is InChI=1S/C16H19FN2O/c1-11(2)20-16-10-15(14(18)9-13(16)17)19(3)12-7-5-4-6-8-12/h4-11H,18H2,1-3H3. The molecule has 2 rings (SSSR count). The molecule has 0 bridgehead atoms. The van der Waals surface area contributed by atoms with Crippen LogP contribution in [0.5, 0.6) is 5.75 Å². The Kier molecular flexibility index (Phi) is 4.13. The Hall–Kier alpha value is -2.23. The zero-order chi connectivity index (χ0) is 14.7. The van der Waals surface area contributed by atoms with Crippen molar-refractivity contribution in [2.75, 3.05) is 17.7 Å². The Morgan fingerprint density at radius 3 is 2.40 bits per heavy atom. The Balaban J connectivity index is 2.41. The molecule has 0 aliphatic heterocycles. The van der Waals surface area contributed by atoms with E-state index in [9.17, 15) is 4.39 Å². The minimum atomic E-state index is -0.443. The van der Waals surface area contributed by atoms with Crippen LogP contribution in [0.3, 0.4) is 0 Å². The molecular weight excluding hydrogens is 255 g/mol. The summed E-state index contributed by atoms with van der Waals surface area (Å²) < 4.78 is 19.3. The number of ether oxygens (including phenoxy) is 1. The van der Waals surface area contributed by atoms with E-state index in [4.69, 9.17) is 10.5 Å². The molecule has 0 saturated heterocycles. The topological polar surface area (TPSA) is 38.5 Å². The zero-order valence-corrected chi connectivity index (χ0v) is 11.9. The molecule has 0 heterocycles. The third kappa shape index (κ3) is 3.02. The van der Waals surface area contributed by atoms with Crippen LogP contribution in [0.2, 0.25) is 0 Å². The highest BCUT2D eigenvalue weighted by atomic mass is 19.1. The summed E-state index contributed by atoms with van der Waals surface area (Å²) in [6.45, 7) is 3.72. The molecule has 0 aromatic heterocycles. The van der Waals surface area contributed by atoms with Crippen LogP contribution in [0, 0.1) is 5.82 Å². The third-order valence-electron chi connectivity index (χ3n) is 2.95. The van der Waals surface area contributed by atoms with E-state index in [0.29, 0.717) is 11.4 Å². The van der Waals surface area contributed by atoms with Crippen molar-refractivity contribution in [1.29, 1.82) is 0 Å². The van der Waals surface area contributed by atoms with Crippen molar-refractivity contribution in [3.63, 3.8) is 0 Å². The SMILES string of the molecule is CC(C)Oc1cc(N(C)c2ccccc2)c(N)cc1F. The van der Waals surface area contributed by atoms with Crippen molar-refractivity contribution in [1.82, 2.24) is 0 Å². The van der Waals surface area contributed by atoms with Gasteiger partial charge in [-0.05, 0) is 26.0 Å². The maximum Gasteiger partial charge on any atom is 0.167 e. The minimum absolute atomic E-state index is 0.0944. The summed E-state index contributed by atoms with van der Waals surface area (Å²) in [6, 6.07) is 12.7. The summed E-state index contributed by atoms with van der Waals surface area (Å²) in [7, 11) is 1.89. The summed E-state index contributed by atoms with van der Waals surface area (Å²) in [5, 5.41) is 0. The number of anilines is 3. The van der Waals surface area contributed by atoms with E-state index in [2.05, 4.69) is 0 Å². The number of benzene rings is 2. The lowest BCUT2D eigenvalue weighted by atomic mass is 10.2. The number of para-hydroxylation sites is 1. The number of hydrogen-bond acceptors (Lipinski definition) is 3. The number of rotatable bonds is 4. The largest absolute Gasteiger partial charge is 0.488 e. The molecule has 0 aliphatic rings. The molecule has 0 fully saturated rings. The molecule has 0 saturated carbocycles. The second kappa shape index (κ2) is 5.82. The van der Waals surface area contributed by atoms with E-state index >= 15 is 0 Å². The van der Waals surface area contributed by atoms with E-state index in [1.165, 1.54) is 6.07 Å². The van der Waals surface area contributed by atoms with Gasteiger partial charge in [0.05, 0.1) is 17.5 Å². The van der Waals surface area contributed by atoms with Gasteiger partial charge in [-0.3, -0.25) is 0 Å². The summed E-state index contributed by atoms with van der Waals surface area (Å²) in [5.74, 6) is -0.228. The lowest BCUT2D eigenvalue weighted by Crippen LogP contribution is -2.13. The number of nitrogens with zero attached hydrogens (tertiary/aromatic N) is 1. The predicted octanol–water partition coefficient (Wildman–Crippen LogP) is 3.96. The van der Waals surface area contributed by atoms with Crippen molar-refractivity contribution in [2.24, 2.45) is 0 Å². The molecule has 2 aromatic rings. The van der Waals surface area contributed by atoms with Gasteiger partial charge >= 0.3 is 0 Å². The van der Waals surface area contributed by atoms with Crippen LogP contribution in [-0.2, 0) is 0 Å². The number of halogens is 1. The van der Waals surface area contributed by atoms with Crippen LogP contribution in [0.1, 0.15) is 13.8 Å². The average molecular weight is 274 g/mol. The first-order valence-corrected chi connectivity index (χ1v) is 6.53. The van der Waals surface area contributed by atoms with Gasteiger partial charge in [-0.15, -0.1) is 0 Å². The first-order chi connectivity index (χ1) is 9.49. The van der Waals surface area contributed by atoms with Crippen molar-refractivity contribution >= 4 is 17.1 Å². The second-order valence-electron chi connectivity index (χ2n) is 4.90. The summed E-state index contributed by atoms with van der Waals surface area (Å²) >= 11 is 0. The van der Waals surface area contributed by atoms with Gasteiger partial charge < -0.3 is 15.4 Å². The molecule has 2 N–H and O–H groups in total. The molecule has 106 valence electrons. The Bertz CT molecular complexity index is 585. The summed E-state index contributed by atoms with van der Waals surface area (Å²) in [4.78, 5) is 1.90. The molecule has 0 atom stereocenters. The third-order valence-corrected chi connectivity index (χ3v) is 2.95. The molecule has 0 unspecified atom stereocenters. The van der Waals surface area contributed by atoms with E-state index in [1.807, 2.05) is 56.1 Å². The molecule has 4 heteroatoms. The number of nitrogens with two attached hydrogens (primary N) is 1. The van der Waals surface area contributed by atoms with Crippen LogP contribution in [0.4, 0.5) is 21.5 Å². The number of hydrogen-bond donors (Lipinski definition) is 1. The maximum absolute atomic E-state index is 13.8. The van der Waals surface area contributed by atoms with Crippen molar-refractivity contribution < 1.29 is 9.13 Å².